The summed E-state index contributed by atoms with van der Waals surface area (Å²) in [5.74, 6) is 0.350. The summed E-state index contributed by atoms with van der Waals surface area (Å²) in [6.45, 7) is 0. The lowest BCUT2D eigenvalue weighted by Crippen LogP contribution is -2.21. The number of amides is 1. The van der Waals surface area contributed by atoms with Gasteiger partial charge in [-0.25, -0.2) is 0 Å². The van der Waals surface area contributed by atoms with E-state index in [0.29, 0.717) is 11.4 Å². The van der Waals surface area contributed by atoms with Crippen LogP contribution in [0.3, 0.4) is 0 Å². The smallest absolute Gasteiger partial charge is 0.235 e. The minimum absolute atomic E-state index is 0.103. The number of nitrogens with one attached hydrogen (secondary N) is 1. The first-order chi connectivity index (χ1) is 10.1. The number of benzene rings is 1. The minimum Gasteiger partial charge on any atom is -0.409 e. The number of anilines is 1. The molecule has 0 bridgehead atoms. The first-order valence-electron chi connectivity index (χ1n) is 6.09. The molecule has 0 unspecified atom stereocenters. The van der Waals surface area contributed by atoms with Gasteiger partial charge < -0.3 is 16.3 Å². The Morgan fingerprint density at radius 2 is 2.19 bits per heavy atom. The molecular weight excluding hydrogens is 290 g/mol. The molecule has 0 aliphatic rings. The summed E-state index contributed by atoms with van der Waals surface area (Å²) in [5, 5.41) is 18.3. The van der Waals surface area contributed by atoms with Gasteiger partial charge in [0, 0.05) is 11.9 Å². The van der Waals surface area contributed by atoms with Crippen molar-refractivity contribution in [2.75, 3.05) is 11.1 Å². The molecule has 0 saturated heterocycles. The Kier molecular flexibility index (Phi) is 4.83. The van der Waals surface area contributed by atoms with E-state index < -0.39 is 0 Å². The summed E-state index contributed by atoms with van der Waals surface area (Å²) in [5.41, 5.74) is 5.91. The van der Waals surface area contributed by atoms with Gasteiger partial charge >= 0.3 is 0 Å². The molecule has 0 radical (unpaired) electrons. The van der Waals surface area contributed by atoms with Crippen LogP contribution in [-0.4, -0.2) is 32.5 Å². The van der Waals surface area contributed by atoms with Crippen LogP contribution in [0.1, 0.15) is 5.56 Å². The predicted molar refractivity (Wildman–Crippen MR) is 81.5 cm³/mol. The van der Waals surface area contributed by atoms with Gasteiger partial charge in [-0.05, 0) is 12.1 Å². The maximum atomic E-state index is 12.0. The maximum absolute atomic E-state index is 12.0. The fourth-order valence-electron chi connectivity index (χ4n) is 1.66. The average Bonchev–Trinajstić information content (AvgIpc) is 2.86. The molecule has 0 fully saturated rings. The Hall–Kier alpha value is -2.48. The molecule has 0 saturated carbocycles. The van der Waals surface area contributed by atoms with Crippen molar-refractivity contribution in [3.63, 3.8) is 0 Å². The number of aryl methyl sites for hydroxylation is 1. The van der Waals surface area contributed by atoms with E-state index in [0.717, 1.165) is 4.90 Å². The number of hydrogen-bond acceptors (Lipinski definition) is 5. The molecule has 0 atom stereocenters. The Balaban J connectivity index is 2.02. The zero-order valence-corrected chi connectivity index (χ0v) is 12.2. The largest absolute Gasteiger partial charge is 0.409 e. The van der Waals surface area contributed by atoms with Crippen molar-refractivity contribution < 1.29 is 10.0 Å². The predicted octanol–water partition coefficient (Wildman–Crippen LogP) is 1.25. The highest BCUT2D eigenvalue weighted by Crippen LogP contribution is 2.18. The molecule has 21 heavy (non-hydrogen) atoms. The molecule has 1 amide bonds. The van der Waals surface area contributed by atoms with Crippen LogP contribution < -0.4 is 11.1 Å². The normalized spacial score (nSPS) is 11.4. The first kappa shape index (κ1) is 14.9. The number of aromatic nitrogens is 2. The minimum atomic E-state index is -0.195. The molecule has 0 aliphatic heterocycles. The average molecular weight is 305 g/mol. The lowest BCUT2D eigenvalue weighted by molar-refractivity contribution is -0.113. The Labute approximate surface area is 125 Å². The number of carbonyl (C=O) groups is 1. The molecule has 1 heterocycles. The van der Waals surface area contributed by atoms with E-state index in [9.17, 15) is 4.79 Å². The van der Waals surface area contributed by atoms with Crippen LogP contribution in [0.5, 0.6) is 0 Å². The van der Waals surface area contributed by atoms with E-state index in [2.05, 4.69) is 15.6 Å². The van der Waals surface area contributed by atoms with E-state index in [1.807, 2.05) is 30.3 Å². The summed E-state index contributed by atoms with van der Waals surface area (Å²) in [6, 6.07) is 9.62. The number of nitrogens with two attached hydrogens (primary N) is 1. The van der Waals surface area contributed by atoms with E-state index in [4.69, 9.17) is 10.9 Å². The summed E-state index contributed by atoms with van der Waals surface area (Å²) < 4.78 is 1.46. The standard InChI is InChI=1S/C13H15N5O2S/c1-18-13(10(7-15-18)12(14)17-20)16-11(19)8-21-9-5-3-2-4-6-9/h2-7,20H,8H2,1H3,(H2,14,17)(H,16,19). The second-order valence-corrected chi connectivity index (χ2v) is 5.21. The fraction of sp³-hybridized carbons (Fsp3) is 0.154. The quantitative estimate of drug-likeness (QED) is 0.253. The number of carbonyl (C=O) groups excluding carboxylic acids is 1. The molecule has 1 aromatic heterocycles. The van der Waals surface area contributed by atoms with Gasteiger partial charge in [-0.2, -0.15) is 5.10 Å². The van der Waals surface area contributed by atoms with Crippen LogP contribution in [0.15, 0.2) is 46.6 Å². The summed E-state index contributed by atoms with van der Waals surface area (Å²) in [4.78, 5) is 13.0. The number of oxime groups is 1. The lowest BCUT2D eigenvalue weighted by atomic mass is 10.3. The van der Waals surface area contributed by atoms with Crippen molar-refractivity contribution in [1.82, 2.24) is 9.78 Å². The summed E-state index contributed by atoms with van der Waals surface area (Å²) in [7, 11) is 1.66. The van der Waals surface area contributed by atoms with E-state index in [-0.39, 0.29) is 17.5 Å². The fourth-order valence-corrected chi connectivity index (χ4v) is 2.38. The van der Waals surface area contributed by atoms with Crippen molar-refractivity contribution in [2.24, 2.45) is 17.9 Å². The van der Waals surface area contributed by atoms with E-state index in [1.165, 1.54) is 22.6 Å². The van der Waals surface area contributed by atoms with E-state index >= 15 is 0 Å². The molecule has 0 spiro atoms. The Morgan fingerprint density at radius 3 is 2.86 bits per heavy atom. The van der Waals surface area contributed by atoms with Crippen molar-refractivity contribution in [1.29, 1.82) is 0 Å². The third kappa shape index (κ3) is 3.76. The first-order valence-corrected chi connectivity index (χ1v) is 7.08. The van der Waals surface area contributed by atoms with Crippen LogP contribution in [0, 0.1) is 0 Å². The van der Waals surface area contributed by atoms with Crippen molar-refractivity contribution >= 4 is 29.3 Å². The third-order valence-electron chi connectivity index (χ3n) is 2.69. The van der Waals surface area contributed by atoms with Crippen LogP contribution in [0.2, 0.25) is 0 Å². The van der Waals surface area contributed by atoms with Crippen LogP contribution >= 0.6 is 11.8 Å². The number of amidine groups is 1. The SMILES string of the molecule is Cn1ncc(C(N)=NO)c1NC(=O)CSc1ccccc1. The van der Waals surface area contributed by atoms with Gasteiger partial charge in [0.2, 0.25) is 5.91 Å². The number of thioether (sulfide) groups is 1. The van der Waals surface area contributed by atoms with Crippen LogP contribution in [0.25, 0.3) is 0 Å². The van der Waals surface area contributed by atoms with Crippen molar-refractivity contribution in [2.45, 2.75) is 4.90 Å². The van der Waals surface area contributed by atoms with Crippen molar-refractivity contribution in [3.8, 4) is 0 Å². The number of rotatable bonds is 5. The molecule has 1 aromatic carbocycles. The molecule has 4 N–H and O–H groups in total. The van der Waals surface area contributed by atoms with Crippen molar-refractivity contribution in [3.05, 3.63) is 42.1 Å². The van der Waals surface area contributed by atoms with Gasteiger partial charge in [-0.3, -0.25) is 9.48 Å². The zero-order valence-electron chi connectivity index (χ0n) is 11.4. The summed E-state index contributed by atoms with van der Waals surface area (Å²) >= 11 is 1.42. The molecule has 0 aliphatic carbocycles. The molecule has 110 valence electrons. The Morgan fingerprint density at radius 1 is 1.48 bits per heavy atom. The van der Waals surface area contributed by atoms with Gasteiger partial charge in [0.1, 0.15) is 5.82 Å². The van der Waals surface area contributed by atoms with Crippen LogP contribution in [0.4, 0.5) is 5.82 Å². The highest BCUT2D eigenvalue weighted by Gasteiger charge is 2.15. The van der Waals surface area contributed by atoms with Crippen LogP contribution in [-0.2, 0) is 11.8 Å². The topological polar surface area (TPSA) is 106 Å². The number of hydrogen-bond donors (Lipinski definition) is 3. The highest BCUT2D eigenvalue weighted by molar-refractivity contribution is 8.00. The highest BCUT2D eigenvalue weighted by atomic mass is 32.2. The van der Waals surface area contributed by atoms with Gasteiger partial charge in [0.15, 0.2) is 5.84 Å². The molecule has 8 heteroatoms. The summed E-state index contributed by atoms with van der Waals surface area (Å²) in [6.07, 6.45) is 1.43. The van der Waals surface area contributed by atoms with Gasteiger partial charge in [-0.1, -0.05) is 23.4 Å². The van der Waals surface area contributed by atoms with Gasteiger partial charge in [0.25, 0.3) is 0 Å². The lowest BCUT2D eigenvalue weighted by Gasteiger charge is -2.07. The van der Waals surface area contributed by atoms with Gasteiger partial charge in [-0.15, -0.1) is 11.8 Å². The molecule has 2 rings (SSSR count). The van der Waals surface area contributed by atoms with Gasteiger partial charge in [0.05, 0.1) is 17.5 Å². The third-order valence-corrected chi connectivity index (χ3v) is 3.71. The second kappa shape index (κ2) is 6.80. The monoisotopic (exact) mass is 305 g/mol. The van der Waals surface area contributed by atoms with E-state index in [1.54, 1.807) is 7.05 Å². The number of nitrogens with zero attached hydrogens (tertiary/aromatic N) is 3. The molecular formula is C13H15N5O2S. The molecule has 7 nitrogen and oxygen atoms in total. The second-order valence-electron chi connectivity index (χ2n) is 4.17. The molecule has 2 aromatic rings. The zero-order chi connectivity index (χ0) is 15.2. The maximum Gasteiger partial charge on any atom is 0.235 e. The Bertz CT molecular complexity index is 654.